The van der Waals surface area contributed by atoms with Crippen LogP contribution in [0, 0.1) is 0 Å². The molecule has 1 aliphatic rings. The van der Waals surface area contributed by atoms with E-state index in [2.05, 4.69) is 20.9 Å². The largest absolute Gasteiger partial charge is 0.435 e. The van der Waals surface area contributed by atoms with Gasteiger partial charge >= 0.3 is 6.18 Å². The number of carbonyl (C=O) groups is 1. The number of anilines is 2. The molecule has 0 fully saturated rings. The van der Waals surface area contributed by atoms with Gasteiger partial charge in [-0.2, -0.15) is 23.4 Å². The van der Waals surface area contributed by atoms with Crippen LogP contribution in [0.25, 0.3) is 0 Å². The van der Waals surface area contributed by atoms with E-state index >= 15 is 0 Å². The lowest BCUT2D eigenvalue weighted by molar-refractivity contribution is -0.141. The van der Waals surface area contributed by atoms with Gasteiger partial charge in [-0.05, 0) is 42.8 Å². The van der Waals surface area contributed by atoms with Crippen molar-refractivity contribution in [1.82, 2.24) is 15.2 Å². The highest BCUT2D eigenvalue weighted by molar-refractivity contribution is 7.99. The van der Waals surface area contributed by atoms with Crippen LogP contribution in [-0.2, 0) is 17.5 Å². The maximum Gasteiger partial charge on any atom is 0.435 e. The Bertz CT molecular complexity index is 1140. The summed E-state index contributed by atoms with van der Waals surface area (Å²) in [6.07, 6.45) is -3.45. The highest BCUT2D eigenvalue weighted by Gasteiger charge is 2.33. The van der Waals surface area contributed by atoms with E-state index in [9.17, 15) is 18.0 Å². The summed E-state index contributed by atoms with van der Waals surface area (Å²) in [6, 6.07) is 14.6. The number of amides is 1. The average molecular weight is 431 g/mol. The van der Waals surface area contributed by atoms with Crippen LogP contribution in [-0.4, -0.2) is 21.4 Å². The number of nitrogens with one attached hydrogen (secondary N) is 2. The molecule has 10 heteroatoms. The van der Waals surface area contributed by atoms with Crippen molar-refractivity contribution in [2.45, 2.75) is 29.4 Å². The van der Waals surface area contributed by atoms with Gasteiger partial charge in [0, 0.05) is 16.0 Å². The molecule has 4 rings (SSSR count). The molecular formula is C20H16F3N5OS. The number of hydrogen-bond donors (Lipinski definition) is 2. The molecule has 154 valence electrons. The Labute approximate surface area is 174 Å². The fraction of sp³-hybridized carbons (Fsp3) is 0.150. The zero-order valence-corrected chi connectivity index (χ0v) is 16.5. The molecule has 3 aromatic rings. The van der Waals surface area contributed by atoms with Crippen molar-refractivity contribution < 1.29 is 18.0 Å². The standard InChI is InChI=1S/C20H16F3N5OS/c1-12(25-26-19(29)11-28-9-8-18(27-28)20(21,22)23)13-6-7-17-15(10-13)24-14-4-2-3-5-16(14)30-17/h2-10,24H,11H2,1H3,(H,26,29)/b25-12-. The second-order valence-corrected chi connectivity index (χ2v) is 7.65. The van der Waals surface area contributed by atoms with Crippen molar-refractivity contribution in [2.75, 3.05) is 5.32 Å². The number of para-hydroxylation sites is 1. The van der Waals surface area contributed by atoms with Crippen molar-refractivity contribution >= 4 is 34.8 Å². The number of carbonyl (C=O) groups excluding carboxylic acids is 1. The number of benzene rings is 2. The molecule has 0 saturated carbocycles. The van der Waals surface area contributed by atoms with E-state index in [0.29, 0.717) is 5.71 Å². The first-order valence-corrected chi connectivity index (χ1v) is 9.73. The summed E-state index contributed by atoms with van der Waals surface area (Å²) >= 11 is 1.66. The molecule has 1 aliphatic heterocycles. The van der Waals surface area contributed by atoms with Crippen LogP contribution in [0.2, 0.25) is 0 Å². The number of hydrogen-bond acceptors (Lipinski definition) is 5. The van der Waals surface area contributed by atoms with Crippen molar-refractivity contribution in [2.24, 2.45) is 5.10 Å². The number of aromatic nitrogens is 2. The molecule has 0 bridgehead atoms. The molecule has 1 amide bonds. The first kappa shape index (κ1) is 20.0. The van der Waals surface area contributed by atoms with Crippen LogP contribution in [0.4, 0.5) is 24.5 Å². The van der Waals surface area contributed by atoms with E-state index in [0.717, 1.165) is 43.7 Å². The summed E-state index contributed by atoms with van der Waals surface area (Å²) in [7, 11) is 0. The van der Waals surface area contributed by atoms with Crippen LogP contribution in [0.5, 0.6) is 0 Å². The van der Waals surface area contributed by atoms with Gasteiger partial charge in [0.25, 0.3) is 5.91 Å². The molecule has 2 aromatic carbocycles. The van der Waals surface area contributed by atoms with E-state index < -0.39 is 17.8 Å². The average Bonchev–Trinajstić information content (AvgIpc) is 3.19. The first-order valence-electron chi connectivity index (χ1n) is 8.92. The summed E-state index contributed by atoms with van der Waals surface area (Å²) in [4.78, 5) is 14.2. The molecular weight excluding hydrogens is 415 g/mol. The van der Waals surface area contributed by atoms with E-state index in [-0.39, 0.29) is 6.54 Å². The Morgan fingerprint density at radius 1 is 1.17 bits per heavy atom. The van der Waals surface area contributed by atoms with Crippen LogP contribution in [0.3, 0.4) is 0 Å². The molecule has 0 spiro atoms. The molecule has 0 aliphatic carbocycles. The number of rotatable bonds is 4. The van der Waals surface area contributed by atoms with Crippen LogP contribution in [0.1, 0.15) is 18.2 Å². The van der Waals surface area contributed by atoms with Crippen LogP contribution in [0.15, 0.2) is 69.6 Å². The van der Waals surface area contributed by atoms with Gasteiger partial charge in [0.15, 0.2) is 5.69 Å². The maximum absolute atomic E-state index is 12.6. The van der Waals surface area contributed by atoms with Gasteiger partial charge < -0.3 is 5.32 Å². The minimum absolute atomic E-state index is 0.369. The Morgan fingerprint density at radius 3 is 2.70 bits per heavy atom. The lowest BCUT2D eigenvalue weighted by atomic mass is 10.1. The summed E-state index contributed by atoms with van der Waals surface area (Å²) in [5.74, 6) is -0.577. The third-order valence-corrected chi connectivity index (χ3v) is 5.51. The number of fused-ring (bicyclic) bond motifs is 2. The van der Waals surface area contributed by atoms with Gasteiger partial charge in [0.1, 0.15) is 6.54 Å². The number of alkyl halides is 3. The predicted octanol–water partition coefficient (Wildman–Crippen LogP) is 4.65. The highest BCUT2D eigenvalue weighted by atomic mass is 32.2. The third-order valence-electron chi connectivity index (χ3n) is 4.36. The number of nitrogens with zero attached hydrogens (tertiary/aromatic N) is 3. The first-order chi connectivity index (χ1) is 14.3. The lowest BCUT2D eigenvalue weighted by Crippen LogP contribution is -2.24. The predicted molar refractivity (Wildman–Crippen MR) is 108 cm³/mol. The van der Waals surface area contributed by atoms with Gasteiger partial charge in [-0.15, -0.1) is 0 Å². The monoisotopic (exact) mass is 431 g/mol. The van der Waals surface area contributed by atoms with Crippen molar-refractivity contribution in [1.29, 1.82) is 0 Å². The normalized spacial score (nSPS) is 13.3. The fourth-order valence-electron chi connectivity index (χ4n) is 2.86. The summed E-state index contributed by atoms with van der Waals surface area (Å²) < 4.78 is 38.6. The second-order valence-electron chi connectivity index (χ2n) is 6.56. The Kier molecular flexibility index (Phi) is 5.25. The minimum Gasteiger partial charge on any atom is -0.354 e. The van der Waals surface area contributed by atoms with Crippen LogP contribution < -0.4 is 10.7 Å². The fourth-order valence-corrected chi connectivity index (χ4v) is 3.83. The lowest BCUT2D eigenvalue weighted by Gasteiger charge is -2.21. The quantitative estimate of drug-likeness (QED) is 0.365. The molecule has 0 atom stereocenters. The van der Waals surface area contributed by atoms with Gasteiger partial charge in [-0.3, -0.25) is 9.48 Å². The summed E-state index contributed by atoms with van der Waals surface area (Å²) in [6.45, 7) is 1.37. The molecule has 2 N–H and O–H groups in total. The summed E-state index contributed by atoms with van der Waals surface area (Å²) in [5, 5.41) is 10.8. The molecule has 1 aromatic heterocycles. The Morgan fingerprint density at radius 2 is 1.93 bits per heavy atom. The minimum atomic E-state index is -4.55. The van der Waals surface area contributed by atoms with E-state index in [1.165, 1.54) is 0 Å². The molecule has 2 heterocycles. The molecule has 0 saturated heterocycles. The SMILES string of the molecule is C/C(=N/NC(=O)Cn1ccc(C(F)(F)F)n1)c1ccc2c(c1)Nc1ccccc1S2. The molecule has 30 heavy (non-hydrogen) atoms. The maximum atomic E-state index is 12.6. The van der Waals surface area contributed by atoms with Gasteiger partial charge in [-0.25, -0.2) is 5.43 Å². The van der Waals surface area contributed by atoms with E-state index in [4.69, 9.17) is 0 Å². The van der Waals surface area contributed by atoms with Crippen molar-refractivity contribution in [3.8, 4) is 0 Å². The Hall–Kier alpha value is -3.27. The van der Waals surface area contributed by atoms with E-state index in [1.807, 2.05) is 42.5 Å². The third kappa shape index (κ3) is 4.33. The van der Waals surface area contributed by atoms with Gasteiger partial charge in [0.05, 0.1) is 17.1 Å². The number of halogens is 3. The van der Waals surface area contributed by atoms with E-state index in [1.54, 1.807) is 18.7 Å². The second kappa shape index (κ2) is 7.86. The topological polar surface area (TPSA) is 71.3 Å². The van der Waals surface area contributed by atoms with Crippen molar-refractivity contribution in [3.05, 3.63) is 66.0 Å². The highest BCUT2D eigenvalue weighted by Crippen LogP contribution is 2.44. The molecule has 0 unspecified atom stereocenters. The number of hydrazone groups is 1. The van der Waals surface area contributed by atoms with Gasteiger partial charge in [0.2, 0.25) is 0 Å². The Balaban J connectivity index is 1.42. The zero-order chi connectivity index (χ0) is 21.3. The molecule has 6 nitrogen and oxygen atoms in total. The summed E-state index contributed by atoms with van der Waals surface area (Å²) in [5.41, 5.74) is 4.64. The van der Waals surface area contributed by atoms with Gasteiger partial charge in [-0.1, -0.05) is 30.0 Å². The van der Waals surface area contributed by atoms with Crippen LogP contribution >= 0.6 is 11.8 Å². The van der Waals surface area contributed by atoms with Crippen molar-refractivity contribution in [3.63, 3.8) is 0 Å². The zero-order valence-electron chi connectivity index (χ0n) is 15.7. The smallest absolute Gasteiger partial charge is 0.354 e. The molecule has 0 radical (unpaired) electrons.